The van der Waals surface area contributed by atoms with E-state index in [0.717, 1.165) is 54.8 Å². The van der Waals surface area contributed by atoms with Crippen molar-refractivity contribution in [1.82, 2.24) is 10.6 Å². The van der Waals surface area contributed by atoms with Gasteiger partial charge in [-0.2, -0.15) is 0 Å². The van der Waals surface area contributed by atoms with Crippen molar-refractivity contribution in [3.63, 3.8) is 0 Å². The van der Waals surface area contributed by atoms with Crippen LogP contribution in [0.15, 0.2) is 53.5 Å². The number of aliphatic imine (C=N–C) groups is 1. The van der Waals surface area contributed by atoms with Crippen LogP contribution < -0.4 is 25.0 Å². The third kappa shape index (κ3) is 7.74. The maximum atomic E-state index is 5.78. The van der Waals surface area contributed by atoms with Gasteiger partial charge in [-0.05, 0) is 43.2 Å². The number of hydrogen-bond donors (Lipinski definition) is 2. The topological polar surface area (TPSA) is 67.4 Å². The third-order valence-electron chi connectivity index (χ3n) is 5.21. The quantitative estimate of drug-likeness (QED) is 0.202. The van der Waals surface area contributed by atoms with E-state index in [4.69, 9.17) is 14.2 Å². The lowest BCUT2D eigenvalue weighted by molar-refractivity contribution is 0.128. The summed E-state index contributed by atoms with van der Waals surface area (Å²) in [7, 11) is 3.39. The molecule has 1 aliphatic rings. The SMILES string of the molecule is CCNC(=NCCOCc1cccc(OC)c1)NC1CCN(c2ccccc2OC)C1.I. The second kappa shape index (κ2) is 14.1. The lowest BCUT2D eigenvalue weighted by atomic mass is 10.2. The van der Waals surface area contributed by atoms with Crippen LogP contribution in [0.2, 0.25) is 0 Å². The Kier molecular flexibility index (Phi) is 11.4. The highest BCUT2D eigenvalue weighted by molar-refractivity contribution is 14.0. The molecule has 1 aliphatic heterocycles. The molecular weight excluding hydrogens is 519 g/mol. The molecule has 2 aromatic carbocycles. The Balaban J connectivity index is 0.00000363. The van der Waals surface area contributed by atoms with Gasteiger partial charge < -0.3 is 29.7 Å². The summed E-state index contributed by atoms with van der Waals surface area (Å²) in [6.45, 7) is 6.51. The highest BCUT2D eigenvalue weighted by Crippen LogP contribution is 2.30. The average Bonchev–Trinajstić information content (AvgIpc) is 3.27. The molecule has 0 aromatic heterocycles. The molecule has 8 heteroatoms. The number of hydrogen-bond acceptors (Lipinski definition) is 5. The summed E-state index contributed by atoms with van der Waals surface area (Å²) >= 11 is 0. The van der Waals surface area contributed by atoms with E-state index in [1.807, 2.05) is 36.4 Å². The Bertz CT molecular complexity index is 849. The summed E-state index contributed by atoms with van der Waals surface area (Å²) in [5.41, 5.74) is 2.23. The summed E-state index contributed by atoms with van der Waals surface area (Å²) in [4.78, 5) is 7.03. The smallest absolute Gasteiger partial charge is 0.191 e. The van der Waals surface area contributed by atoms with E-state index in [9.17, 15) is 0 Å². The second-order valence-electron chi connectivity index (χ2n) is 7.41. The minimum absolute atomic E-state index is 0. The Morgan fingerprint density at radius 1 is 1.12 bits per heavy atom. The predicted molar refractivity (Wildman–Crippen MR) is 141 cm³/mol. The van der Waals surface area contributed by atoms with Crippen LogP contribution in [0.3, 0.4) is 0 Å². The van der Waals surface area contributed by atoms with Gasteiger partial charge in [-0.25, -0.2) is 0 Å². The summed E-state index contributed by atoms with van der Waals surface area (Å²) in [6.07, 6.45) is 1.05. The first kappa shape index (κ1) is 26.1. The molecule has 0 aliphatic carbocycles. The van der Waals surface area contributed by atoms with E-state index in [1.54, 1.807) is 14.2 Å². The number of benzene rings is 2. The number of halogens is 1. The first-order valence-corrected chi connectivity index (χ1v) is 10.9. The van der Waals surface area contributed by atoms with Crippen molar-refractivity contribution in [2.24, 2.45) is 4.99 Å². The van der Waals surface area contributed by atoms with Crippen LogP contribution in [0, 0.1) is 0 Å². The molecule has 32 heavy (non-hydrogen) atoms. The van der Waals surface area contributed by atoms with E-state index in [2.05, 4.69) is 39.6 Å². The zero-order valence-electron chi connectivity index (χ0n) is 19.2. The van der Waals surface area contributed by atoms with Crippen molar-refractivity contribution in [2.75, 3.05) is 51.9 Å². The fourth-order valence-corrected chi connectivity index (χ4v) is 3.68. The van der Waals surface area contributed by atoms with Gasteiger partial charge in [0.25, 0.3) is 0 Å². The van der Waals surface area contributed by atoms with Crippen molar-refractivity contribution in [3.05, 3.63) is 54.1 Å². The van der Waals surface area contributed by atoms with Crippen molar-refractivity contribution in [2.45, 2.75) is 26.0 Å². The van der Waals surface area contributed by atoms with Gasteiger partial charge >= 0.3 is 0 Å². The Morgan fingerprint density at radius 2 is 1.97 bits per heavy atom. The normalized spacial score (nSPS) is 15.8. The molecule has 1 fully saturated rings. The number of nitrogens with one attached hydrogen (secondary N) is 2. The number of rotatable bonds is 10. The molecule has 1 heterocycles. The number of methoxy groups -OCH3 is 2. The van der Waals surface area contributed by atoms with Crippen LogP contribution in [0.4, 0.5) is 5.69 Å². The van der Waals surface area contributed by atoms with Crippen LogP contribution in [0.25, 0.3) is 0 Å². The maximum absolute atomic E-state index is 5.78. The molecule has 0 radical (unpaired) electrons. The van der Waals surface area contributed by atoms with Gasteiger partial charge in [-0.3, -0.25) is 4.99 Å². The van der Waals surface area contributed by atoms with Gasteiger partial charge in [0.1, 0.15) is 11.5 Å². The standard InChI is InChI=1S/C24H34N4O3.HI/c1-4-25-24(26-13-15-31-18-19-8-7-9-21(16-19)29-2)27-20-12-14-28(17-20)22-10-5-6-11-23(22)30-3;/h5-11,16,20H,4,12-15,17-18H2,1-3H3,(H2,25,26,27);1H. The van der Waals surface area contributed by atoms with Crippen molar-refractivity contribution < 1.29 is 14.2 Å². The van der Waals surface area contributed by atoms with E-state index < -0.39 is 0 Å². The Labute approximate surface area is 208 Å². The highest BCUT2D eigenvalue weighted by atomic mass is 127. The molecule has 7 nitrogen and oxygen atoms in total. The lowest BCUT2D eigenvalue weighted by Crippen LogP contribution is -2.44. The monoisotopic (exact) mass is 554 g/mol. The molecule has 0 spiro atoms. The fourth-order valence-electron chi connectivity index (χ4n) is 3.68. The molecule has 0 amide bonds. The Hall–Kier alpha value is -2.20. The zero-order valence-corrected chi connectivity index (χ0v) is 21.5. The van der Waals surface area contributed by atoms with Gasteiger partial charge in [-0.15, -0.1) is 24.0 Å². The minimum Gasteiger partial charge on any atom is -0.497 e. The van der Waals surface area contributed by atoms with Gasteiger partial charge in [0.15, 0.2) is 5.96 Å². The van der Waals surface area contributed by atoms with Crippen molar-refractivity contribution in [1.29, 1.82) is 0 Å². The van der Waals surface area contributed by atoms with Gasteiger partial charge in [0, 0.05) is 25.7 Å². The number of ether oxygens (including phenoxy) is 3. The molecule has 1 unspecified atom stereocenters. The summed E-state index contributed by atoms with van der Waals surface area (Å²) < 4.78 is 16.5. The highest BCUT2D eigenvalue weighted by Gasteiger charge is 2.25. The van der Waals surface area contributed by atoms with Gasteiger partial charge in [-0.1, -0.05) is 24.3 Å². The first-order chi connectivity index (χ1) is 15.2. The minimum atomic E-state index is 0. The molecule has 0 saturated carbocycles. The third-order valence-corrected chi connectivity index (χ3v) is 5.21. The van der Waals surface area contributed by atoms with Crippen LogP contribution >= 0.6 is 24.0 Å². The van der Waals surface area contributed by atoms with Crippen molar-refractivity contribution >= 4 is 35.6 Å². The van der Waals surface area contributed by atoms with E-state index in [0.29, 0.717) is 25.8 Å². The summed E-state index contributed by atoms with van der Waals surface area (Å²) in [5, 5.41) is 6.90. The zero-order chi connectivity index (χ0) is 21.9. The summed E-state index contributed by atoms with van der Waals surface area (Å²) in [6, 6.07) is 16.4. The number of nitrogens with zero attached hydrogens (tertiary/aromatic N) is 2. The fraction of sp³-hybridized carbons (Fsp3) is 0.458. The van der Waals surface area contributed by atoms with Crippen LogP contribution in [0.5, 0.6) is 11.5 Å². The predicted octanol–water partition coefficient (Wildman–Crippen LogP) is 3.67. The average molecular weight is 554 g/mol. The first-order valence-electron chi connectivity index (χ1n) is 10.9. The molecule has 2 aromatic rings. The number of guanidine groups is 1. The van der Waals surface area contributed by atoms with E-state index in [-0.39, 0.29) is 24.0 Å². The largest absolute Gasteiger partial charge is 0.497 e. The van der Waals surface area contributed by atoms with Gasteiger partial charge in [0.2, 0.25) is 0 Å². The maximum Gasteiger partial charge on any atom is 0.191 e. The molecule has 2 N–H and O–H groups in total. The molecule has 1 saturated heterocycles. The van der Waals surface area contributed by atoms with Crippen LogP contribution in [-0.2, 0) is 11.3 Å². The molecule has 1 atom stereocenters. The summed E-state index contributed by atoms with van der Waals surface area (Å²) in [5.74, 6) is 2.59. The number of para-hydroxylation sites is 2. The molecule has 176 valence electrons. The lowest BCUT2D eigenvalue weighted by Gasteiger charge is -2.22. The van der Waals surface area contributed by atoms with Crippen molar-refractivity contribution in [3.8, 4) is 11.5 Å². The van der Waals surface area contributed by atoms with Crippen LogP contribution in [0.1, 0.15) is 18.9 Å². The number of anilines is 1. The molecular formula is C24H35IN4O3. The molecule has 0 bridgehead atoms. The molecule has 3 rings (SSSR count). The second-order valence-corrected chi connectivity index (χ2v) is 7.41. The van der Waals surface area contributed by atoms with E-state index >= 15 is 0 Å². The Morgan fingerprint density at radius 3 is 2.75 bits per heavy atom. The van der Waals surface area contributed by atoms with E-state index in [1.165, 1.54) is 0 Å². The van der Waals surface area contributed by atoms with Crippen LogP contribution in [-0.4, -0.2) is 59.0 Å². The van der Waals surface area contributed by atoms with Gasteiger partial charge in [0.05, 0.1) is 39.7 Å².